The van der Waals surface area contributed by atoms with Crippen molar-refractivity contribution in [3.8, 4) is 11.3 Å². The number of hydrogen-bond acceptors (Lipinski definition) is 5. The summed E-state index contributed by atoms with van der Waals surface area (Å²) >= 11 is 1.57. The van der Waals surface area contributed by atoms with Crippen LogP contribution in [0.25, 0.3) is 11.3 Å². The van der Waals surface area contributed by atoms with Crippen LogP contribution in [0.2, 0.25) is 0 Å². The zero-order valence-electron chi connectivity index (χ0n) is 13.2. The first-order valence-electron chi connectivity index (χ1n) is 7.95. The molecule has 6 heteroatoms. The van der Waals surface area contributed by atoms with Gasteiger partial charge >= 0.3 is 0 Å². The van der Waals surface area contributed by atoms with Crippen molar-refractivity contribution < 1.29 is 9.32 Å². The highest BCUT2D eigenvalue weighted by Crippen LogP contribution is 2.42. The maximum absolute atomic E-state index is 12.5. The molecule has 1 fully saturated rings. The van der Waals surface area contributed by atoms with Crippen LogP contribution in [0, 0.1) is 12.8 Å². The Hall–Kier alpha value is -2.47. The van der Waals surface area contributed by atoms with Gasteiger partial charge in [-0.2, -0.15) is 0 Å². The van der Waals surface area contributed by atoms with Gasteiger partial charge in [0.1, 0.15) is 10.8 Å². The van der Waals surface area contributed by atoms with Gasteiger partial charge < -0.3 is 9.84 Å². The lowest BCUT2D eigenvalue weighted by atomic mass is 10.1. The lowest BCUT2D eigenvalue weighted by molar-refractivity contribution is 0.0931. The Kier molecular flexibility index (Phi) is 3.90. The normalized spacial score (nSPS) is 15.2. The molecule has 0 spiro atoms. The molecule has 0 aliphatic heterocycles. The molecule has 122 valence electrons. The Bertz CT molecular complexity index is 852. The van der Waals surface area contributed by atoms with Gasteiger partial charge in [-0.3, -0.25) is 4.79 Å². The summed E-state index contributed by atoms with van der Waals surface area (Å²) in [6.45, 7) is 1.87. The van der Waals surface area contributed by atoms with Gasteiger partial charge in [-0.05, 0) is 37.8 Å². The average Bonchev–Trinajstić information content (AvgIpc) is 3.17. The summed E-state index contributed by atoms with van der Waals surface area (Å²) < 4.78 is 5.12. The van der Waals surface area contributed by atoms with E-state index < -0.39 is 0 Å². The SMILES string of the molecule is Cc1oncc1-c1csc(C(NC(=O)c2ccccc2)C2CC2)n1. The van der Waals surface area contributed by atoms with Gasteiger partial charge in [-0.1, -0.05) is 23.4 Å². The summed E-state index contributed by atoms with van der Waals surface area (Å²) in [5.74, 6) is 1.17. The van der Waals surface area contributed by atoms with E-state index in [1.165, 1.54) is 0 Å². The van der Waals surface area contributed by atoms with E-state index in [0.29, 0.717) is 11.5 Å². The monoisotopic (exact) mass is 339 g/mol. The lowest BCUT2D eigenvalue weighted by Crippen LogP contribution is -2.29. The third-order valence-electron chi connectivity index (χ3n) is 4.23. The Morgan fingerprint density at radius 2 is 2.12 bits per heavy atom. The first-order valence-corrected chi connectivity index (χ1v) is 8.83. The Labute approximate surface area is 143 Å². The van der Waals surface area contributed by atoms with Gasteiger partial charge in [-0.15, -0.1) is 11.3 Å². The van der Waals surface area contributed by atoms with Gasteiger partial charge in [-0.25, -0.2) is 4.98 Å². The van der Waals surface area contributed by atoms with Crippen LogP contribution in [0.4, 0.5) is 0 Å². The van der Waals surface area contributed by atoms with Crippen molar-refractivity contribution in [3.63, 3.8) is 0 Å². The highest BCUT2D eigenvalue weighted by Gasteiger charge is 2.35. The number of carbonyl (C=O) groups excluding carboxylic acids is 1. The number of thiazole rings is 1. The van der Waals surface area contributed by atoms with Crippen LogP contribution < -0.4 is 5.32 Å². The number of rotatable bonds is 5. The van der Waals surface area contributed by atoms with E-state index in [1.807, 2.05) is 42.6 Å². The molecule has 1 unspecified atom stereocenters. The average molecular weight is 339 g/mol. The number of benzene rings is 1. The van der Waals surface area contributed by atoms with Gasteiger partial charge in [0.05, 0.1) is 23.5 Å². The molecule has 2 aromatic heterocycles. The minimum Gasteiger partial charge on any atom is -0.361 e. The molecular formula is C18H17N3O2S. The van der Waals surface area contributed by atoms with Gasteiger partial charge in [0.15, 0.2) is 0 Å². The molecule has 5 nitrogen and oxygen atoms in total. The molecule has 2 heterocycles. The van der Waals surface area contributed by atoms with Crippen LogP contribution in [0.15, 0.2) is 46.4 Å². The van der Waals surface area contributed by atoms with Crippen molar-refractivity contribution in [1.82, 2.24) is 15.5 Å². The minimum absolute atomic E-state index is 0.0309. The molecule has 1 atom stereocenters. The molecule has 4 rings (SSSR count). The second-order valence-electron chi connectivity index (χ2n) is 6.02. The summed E-state index contributed by atoms with van der Waals surface area (Å²) in [6, 6.07) is 9.27. The predicted octanol–water partition coefficient (Wildman–Crippen LogP) is 3.99. The predicted molar refractivity (Wildman–Crippen MR) is 91.7 cm³/mol. The molecule has 0 radical (unpaired) electrons. The minimum atomic E-state index is -0.0505. The number of hydrogen-bond donors (Lipinski definition) is 1. The molecule has 24 heavy (non-hydrogen) atoms. The maximum atomic E-state index is 12.5. The van der Waals surface area contributed by atoms with E-state index in [0.717, 1.165) is 34.9 Å². The first kappa shape index (κ1) is 15.1. The van der Waals surface area contributed by atoms with Crippen LogP contribution in [0.3, 0.4) is 0 Å². The van der Waals surface area contributed by atoms with E-state index in [1.54, 1.807) is 17.5 Å². The Balaban J connectivity index is 1.57. The second-order valence-corrected chi connectivity index (χ2v) is 6.91. The largest absolute Gasteiger partial charge is 0.361 e. The number of carbonyl (C=O) groups is 1. The smallest absolute Gasteiger partial charge is 0.251 e. The van der Waals surface area contributed by atoms with E-state index in [-0.39, 0.29) is 11.9 Å². The van der Waals surface area contributed by atoms with E-state index >= 15 is 0 Å². The Morgan fingerprint density at radius 1 is 1.33 bits per heavy atom. The standard InChI is InChI=1S/C18H17N3O2S/c1-11-14(9-19-23-11)15-10-24-18(20-15)16(12-7-8-12)21-17(22)13-5-3-2-4-6-13/h2-6,9-10,12,16H,7-8H2,1H3,(H,21,22). The molecular weight excluding hydrogens is 322 g/mol. The maximum Gasteiger partial charge on any atom is 0.251 e. The topological polar surface area (TPSA) is 68.0 Å². The highest BCUT2D eigenvalue weighted by molar-refractivity contribution is 7.10. The fourth-order valence-electron chi connectivity index (χ4n) is 2.72. The van der Waals surface area contributed by atoms with Crippen LogP contribution in [-0.2, 0) is 0 Å². The van der Waals surface area contributed by atoms with Crippen molar-refractivity contribution in [2.45, 2.75) is 25.8 Å². The zero-order valence-corrected chi connectivity index (χ0v) is 14.0. The van der Waals surface area contributed by atoms with Gasteiger partial charge in [0.25, 0.3) is 5.91 Å². The van der Waals surface area contributed by atoms with Crippen molar-refractivity contribution in [3.05, 3.63) is 58.2 Å². The number of amides is 1. The molecule has 1 aliphatic carbocycles. The molecule has 1 aliphatic rings. The van der Waals surface area contributed by atoms with Crippen molar-refractivity contribution >= 4 is 17.2 Å². The number of aromatic nitrogens is 2. The molecule has 1 N–H and O–H groups in total. The van der Waals surface area contributed by atoms with E-state index in [9.17, 15) is 4.79 Å². The van der Waals surface area contributed by atoms with Crippen molar-refractivity contribution in [2.75, 3.05) is 0 Å². The molecule has 0 saturated heterocycles. The van der Waals surface area contributed by atoms with E-state index in [4.69, 9.17) is 9.51 Å². The Morgan fingerprint density at radius 3 is 2.79 bits per heavy atom. The summed E-state index contributed by atoms with van der Waals surface area (Å²) in [5, 5.41) is 9.90. The quantitative estimate of drug-likeness (QED) is 0.763. The van der Waals surface area contributed by atoms with Gasteiger partial charge in [0, 0.05) is 10.9 Å². The van der Waals surface area contributed by atoms with Crippen LogP contribution in [0.5, 0.6) is 0 Å². The van der Waals surface area contributed by atoms with Crippen LogP contribution in [0.1, 0.15) is 40.0 Å². The first-order chi connectivity index (χ1) is 11.7. The fourth-order valence-corrected chi connectivity index (χ4v) is 3.68. The molecule has 3 aromatic rings. The van der Waals surface area contributed by atoms with Crippen molar-refractivity contribution in [2.24, 2.45) is 5.92 Å². The second kappa shape index (κ2) is 6.20. The summed E-state index contributed by atoms with van der Waals surface area (Å²) in [4.78, 5) is 17.2. The summed E-state index contributed by atoms with van der Waals surface area (Å²) in [5.41, 5.74) is 2.43. The fraction of sp³-hybridized carbons (Fsp3) is 0.278. The summed E-state index contributed by atoms with van der Waals surface area (Å²) in [6.07, 6.45) is 3.94. The highest BCUT2D eigenvalue weighted by atomic mass is 32.1. The van der Waals surface area contributed by atoms with Crippen LogP contribution in [-0.4, -0.2) is 16.0 Å². The molecule has 0 bridgehead atoms. The van der Waals surface area contributed by atoms with Crippen LogP contribution >= 0.6 is 11.3 Å². The number of nitrogens with zero attached hydrogens (tertiary/aromatic N) is 2. The third-order valence-corrected chi connectivity index (χ3v) is 5.16. The number of nitrogens with one attached hydrogen (secondary N) is 1. The number of aryl methyl sites for hydroxylation is 1. The zero-order chi connectivity index (χ0) is 16.5. The lowest BCUT2D eigenvalue weighted by Gasteiger charge is -2.15. The molecule has 1 amide bonds. The third kappa shape index (κ3) is 2.97. The summed E-state index contributed by atoms with van der Waals surface area (Å²) in [7, 11) is 0. The molecule has 1 aromatic carbocycles. The molecule has 1 saturated carbocycles. The van der Waals surface area contributed by atoms with Gasteiger partial charge in [0.2, 0.25) is 0 Å². The van der Waals surface area contributed by atoms with E-state index in [2.05, 4.69) is 10.5 Å². The van der Waals surface area contributed by atoms with Crippen molar-refractivity contribution in [1.29, 1.82) is 0 Å².